The Bertz CT molecular complexity index is 1260. The summed E-state index contributed by atoms with van der Waals surface area (Å²) in [6, 6.07) is 15.5. The van der Waals surface area contributed by atoms with Gasteiger partial charge in [0.15, 0.2) is 34.9 Å². The molecule has 0 fully saturated rings. The number of ketones is 1. The Hall–Kier alpha value is -4.13. The second kappa shape index (κ2) is 6.70. The first kappa shape index (κ1) is 17.7. The number of phenols is 1. The van der Waals surface area contributed by atoms with Crippen LogP contribution in [0.1, 0.15) is 27.6 Å². The maximum Gasteiger partial charge on any atom is 0.231 e. The minimum atomic E-state index is -0.663. The number of hydrogen-bond donors (Lipinski definition) is 1. The van der Waals surface area contributed by atoms with E-state index in [4.69, 9.17) is 23.7 Å². The Morgan fingerprint density at radius 3 is 2.26 bits per heavy atom. The van der Waals surface area contributed by atoms with Crippen molar-refractivity contribution in [1.29, 1.82) is 0 Å². The number of aromatic hydroxyl groups is 1. The van der Waals surface area contributed by atoms with Gasteiger partial charge < -0.3 is 28.8 Å². The lowest BCUT2D eigenvalue weighted by Crippen LogP contribution is -2.23. The van der Waals surface area contributed by atoms with Crippen molar-refractivity contribution in [2.75, 3.05) is 13.6 Å². The lowest BCUT2D eigenvalue weighted by Gasteiger charge is -2.28. The SMILES string of the molecule is O=C1C(=Cc2ccc3c(c2)OCO3)C(c2ccc3c(c2)OCO3)Oc2ccc(O)cc21. The maximum absolute atomic E-state index is 13.5. The summed E-state index contributed by atoms with van der Waals surface area (Å²) < 4.78 is 28.0. The highest BCUT2D eigenvalue weighted by Crippen LogP contribution is 2.43. The Labute approximate surface area is 177 Å². The molecule has 0 saturated carbocycles. The topological polar surface area (TPSA) is 83.5 Å². The number of carbonyl (C=O) groups is 1. The normalized spacial score (nSPS) is 19.3. The molecule has 3 aromatic rings. The molecule has 154 valence electrons. The number of fused-ring (bicyclic) bond motifs is 3. The first-order chi connectivity index (χ1) is 15.2. The van der Waals surface area contributed by atoms with Crippen LogP contribution in [0, 0.1) is 0 Å². The van der Waals surface area contributed by atoms with Crippen molar-refractivity contribution in [3.05, 3.63) is 76.9 Å². The summed E-state index contributed by atoms with van der Waals surface area (Å²) in [4.78, 5) is 13.5. The third-order valence-corrected chi connectivity index (χ3v) is 5.42. The molecule has 7 nitrogen and oxygen atoms in total. The largest absolute Gasteiger partial charge is 0.508 e. The van der Waals surface area contributed by atoms with Crippen LogP contribution in [-0.2, 0) is 0 Å². The molecular formula is C24H16O7. The first-order valence-corrected chi connectivity index (χ1v) is 9.71. The minimum Gasteiger partial charge on any atom is -0.508 e. The van der Waals surface area contributed by atoms with Gasteiger partial charge in [0.1, 0.15) is 11.5 Å². The third kappa shape index (κ3) is 2.93. The molecular weight excluding hydrogens is 400 g/mol. The molecule has 31 heavy (non-hydrogen) atoms. The molecule has 7 heteroatoms. The minimum absolute atomic E-state index is 0.000316. The van der Waals surface area contributed by atoms with E-state index in [0.717, 1.165) is 11.1 Å². The standard InChI is InChI=1S/C24H16O7/c25-15-3-6-18-16(10-15)23(26)17(7-13-1-4-19-21(8-13)29-11-27-19)24(31-18)14-2-5-20-22(9-14)30-12-28-20/h1-10,24-25H,11-12H2. The van der Waals surface area contributed by atoms with Crippen molar-refractivity contribution in [3.63, 3.8) is 0 Å². The van der Waals surface area contributed by atoms with Crippen LogP contribution >= 0.6 is 0 Å². The van der Waals surface area contributed by atoms with Crippen molar-refractivity contribution < 1.29 is 33.6 Å². The van der Waals surface area contributed by atoms with Gasteiger partial charge in [-0.3, -0.25) is 4.79 Å². The van der Waals surface area contributed by atoms with Crippen LogP contribution in [0.3, 0.4) is 0 Å². The molecule has 0 bridgehead atoms. The Morgan fingerprint density at radius 2 is 1.45 bits per heavy atom. The summed E-state index contributed by atoms with van der Waals surface area (Å²) in [7, 11) is 0. The van der Waals surface area contributed by atoms with Crippen LogP contribution in [0.4, 0.5) is 0 Å². The molecule has 3 aliphatic rings. The Kier molecular flexibility index (Phi) is 3.83. The molecule has 1 atom stereocenters. The Balaban J connectivity index is 1.48. The van der Waals surface area contributed by atoms with Gasteiger partial charge in [-0.25, -0.2) is 0 Å². The van der Waals surface area contributed by atoms with E-state index in [1.807, 2.05) is 24.3 Å². The molecule has 0 amide bonds. The van der Waals surface area contributed by atoms with Gasteiger partial charge >= 0.3 is 0 Å². The van der Waals surface area contributed by atoms with Gasteiger partial charge in [0.2, 0.25) is 13.6 Å². The molecule has 1 unspecified atom stereocenters. The molecule has 0 radical (unpaired) electrons. The number of phenolic OH excluding ortho intramolecular Hbond substituents is 1. The fourth-order valence-corrected chi connectivity index (χ4v) is 3.91. The molecule has 0 saturated heterocycles. The van der Waals surface area contributed by atoms with E-state index < -0.39 is 6.10 Å². The van der Waals surface area contributed by atoms with Crippen molar-refractivity contribution in [3.8, 4) is 34.5 Å². The van der Waals surface area contributed by atoms with Crippen LogP contribution in [0.2, 0.25) is 0 Å². The molecule has 0 aromatic heterocycles. The molecule has 1 N–H and O–H groups in total. The smallest absolute Gasteiger partial charge is 0.231 e. The van der Waals surface area contributed by atoms with Crippen LogP contribution < -0.4 is 23.7 Å². The molecule has 0 spiro atoms. The highest BCUT2D eigenvalue weighted by Gasteiger charge is 2.34. The second-order valence-electron chi connectivity index (χ2n) is 7.33. The first-order valence-electron chi connectivity index (χ1n) is 9.71. The summed E-state index contributed by atoms with van der Waals surface area (Å²) >= 11 is 0. The van der Waals surface area contributed by atoms with Crippen LogP contribution in [0.25, 0.3) is 6.08 Å². The predicted octanol–water partition coefficient (Wildman–Crippen LogP) is 4.25. The monoisotopic (exact) mass is 416 g/mol. The van der Waals surface area contributed by atoms with E-state index in [1.54, 1.807) is 24.3 Å². The van der Waals surface area contributed by atoms with Gasteiger partial charge in [-0.2, -0.15) is 0 Å². The number of carbonyl (C=O) groups excluding carboxylic acids is 1. The summed E-state index contributed by atoms with van der Waals surface area (Å²) in [6.07, 6.45) is 1.11. The number of benzene rings is 3. The third-order valence-electron chi connectivity index (χ3n) is 5.42. The van der Waals surface area contributed by atoms with Crippen molar-refractivity contribution in [2.45, 2.75) is 6.10 Å². The van der Waals surface area contributed by atoms with E-state index in [2.05, 4.69) is 0 Å². The molecule has 3 aliphatic heterocycles. The number of Topliss-reactive ketones (excluding diaryl/α,β-unsaturated/α-hetero) is 1. The second-order valence-corrected chi connectivity index (χ2v) is 7.33. The van der Waals surface area contributed by atoms with Crippen molar-refractivity contribution in [2.24, 2.45) is 0 Å². The number of hydrogen-bond acceptors (Lipinski definition) is 7. The van der Waals surface area contributed by atoms with E-state index in [0.29, 0.717) is 39.9 Å². The van der Waals surface area contributed by atoms with E-state index in [9.17, 15) is 9.90 Å². The molecule has 3 aromatic carbocycles. The van der Waals surface area contributed by atoms with E-state index >= 15 is 0 Å². The fraction of sp³-hybridized carbons (Fsp3) is 0.125. The van der Waals surface area contributed by atoms with Crippen LogP contribution in [-0.4, -0.2) is 24.5 Å². The van der Waals surface area contributed by atoms with Crippen LogP contribution in [0.15, 0.2) is 60.2 Å². The van der Waals surface area contributed by atoms with Crippen molar-refractivity contribution in [1.82, 2.24) is 0 Å². The van der Waals surface area contributed by atoms with Crippen LogP contribution in [0.5, 0.6) is 34.5 Å². The lowest BCUT2D eigenvalue weighted by atomic mass is 9.89. The average molecular weight is 416 g/mol. The van der Waals surface area contributed by atoms with E-state index in [1.165, 1.54) is 12.1 Å². The summed E-state index contributed by atoms with van der Waals surface area (Å²) in [6.45, 7) is 0.328. The highest BCUT2D eigenvalue weighted by atomic mass is 16.7. The zero-order valence-electron chi connectivity index (χ0n) is 16.2. The predicted molar refractivity (Wildman–Crippen MR) is 109 cm³/mol. The zero-order chi connectivity index (χ0) is 20.9. The van der Waals surface area contributed by atoms with Gasteiger partial charge in [-0.15, -0.1) is 0 Å². The lowest BCUT2D eigenvalue weighted by molar-refractivity contribution is 0.0962. The Morgan fingerprint density at radius 1 is 0.774 bits per heavy atom. The molecule has 3 heterocycles. The highest BCUT2D eigenvalue weighted by molar-refractivity contribution is 6.15. The zero-order valence-corrected chi connectivity index (χ0v) is 16.2. The summed E-state index contributed by atoms with van der Waals surface area (Å²) in [5, 5.41) is 9.89. The quantitative estimate of drug-likeness (QED) is 0.626. The maximum atomic E-state index is 13.5. The fourth-order valence-electron chi connectivity index (χ4n) is 3.91. The average Bonchev–Trinajstić information content (AvgIpc) is 3.44. The number of rotatable bonds is 2. The van der Waals surface area contributed by atoms with Gasteiger partial charge in [0.25, 0.3) is 0 Å². The molecule has 6 rings (SSSR count). The summed E-state index contributed by atoms with van der Waals surface area (Å²) in [5.74, 6) is 2.72. The summed E-state index contributed by atoms with van der Waals surface area (Å²) in [5.41, 5.74) is 2.26. The number of ether oxygens (including phenoxy) is 5. The molecule has 0 aliphatic carbocycles. The van der Waals surface area contributed by atoms with E-state index in [-0.39, 0.29) is 25.1 Å². The van der Waals surface area contributed by atoms with Gasteiger partial charge in [-0.05, 0) is 54.1 Å². The van der Waals surface area contributed by atoms with Gasteiger partial charge in [0.05, 0.1) is 5.56 Å². The van der Waals surface area contributed by atoms with Crippen molar-refractivity contribution >= 4 is 11.9 Å². The van der Waals surface area contributed by atoms with Gasteiger partial charge in [0, 0.05) is 11.1 Å². The van der Waals surface area contributed by atoms with Gasteiger partial charge in [-0.1, -0.05) is 12.1 Å².